The van der Waals surface area contributed by atoms with Gasteiger partial charge >= 0.3 is 0 Å². The molecular formula is C19H24N2O2S. The average molecular weight is 344 g/mol. The number of thiophene rings is 1. The van der Waals surface area contributed by atoms with Crippen molar-refractivity contribution in [3.8, 4) is 0 Å². The highest BCUT2D eigenvalue weighted by Crippen LogP contribution is 2.27. The summed E-state index contributed by atoms with van der Waals surface area (Å²) >= 11 is 1.68. The molecule has 0 aliphatic heterocycles. The lowest BCUT2D eigenvalue weighted by atomic mass is 9.86. The van der Waals surface area contributed by atoms with Crippen LogP contribution < -0.4 is 5.32 Å². The fraction of sp³-hybridized carbons (Fsp3) is 0.474. The van der Waals surface area contributed by atoms with Gasteiger partial charge in [0.1, 0.15) is 0 Å². The van der Waals surface area contributed by atoms with E-state index in [2.05, 4.69) is 27.1 Å². The van der Waals surface area contributed by atoms with E-state index >= 15 is 0 Å². The van der Waals surface area contributed by atoms with Crippen LogP contribution in [0.15, 0.2) is 41.4 Å². The number of methoxy groups -OCH3 is 1. The van der Waals surface area contributed by atoms with Gasteiger partial charge < -0.3 is 10.1 Å². The van der Waals surface area contributed by atoms with Gasteiger partial charge in [0.15, 0.2) is 0 Å². The summed E-state index contributed by atoms with van der Waals surface area (Å²) in [5.41, 5.74) is 2.30. The third-order valence-corrected chi connectivity index (χ3v) is 5.49. The molecule has 5 heteroatoms. The molecule has 1 amide bonds. The van der Waals surface area contributed by atoms with Gasteiger partial charge in [-0.2, -0.15) is 11.3 Å². The number of hydrogen-bond donors (Lipinski definition) is 1. The van der Waals surface area contributed by atoms with Gasteiger partial charge in [-0.05, 0) is 59.7 Å². The second kappa shape index (κ2) is 8.40. The van der Waals surface area contributed by atoms with E-state index in [4.69, 9.17) is 4.74 Å². The maximum Gasteiger partial charge on any atom is 0.223 e. The highest BCUT2D eigenvalue weighted by atomic mass is 32.1. The maximum absolute atomic E-state index is 12.8. The van der Waals surface area contributed by atoms with Crippen molar-refractivity contribution in [3.05, 3.63) is 52.5 Å². The van der Waals surface area contributed by atoms with Crippen molar-refractivity contribution in [3.63, 3.8) is 0 Å². The highest BCUT2D eigenvalue weighted by Gasteiger charge is 2.28. The standard InChI is InChI=1S/C19H24N2O2S/c1-23-17-6-2-4-15(11-17)19(22)21-18(10-14-7-9-24-13-14)16-5-3-8-20-12-16/h3,5,7-9,12-13,15,17-18H,2,4,6,10-11H2,1H3,(H,21,22)/t15-,17-,18-/m1/s1. The second-order valence-corrected chi connectivity index (χ2v) is 7.18. The number of aromatic nitrogens is 1. The number of amides is 1. The van der Waals surface area contributed by atoms with Crippen LogP contribution in [-0.4, -0.2) is 24.1 Å². The minimum absolute atomic E-state index is 0.0382. The van der Waals surface area contributed by atoms with Crippen molar-refractivity contribution in [2.45, 2.75) is 44.2 Å². The van der Waals surface area contributed by atoms with Crippen molar-refractivity contribution in [1.82, 2.24) is 10.3 Å². The Morgan fingerprint density at radius 2 is 2.38 bits per heavy atom. The van der Waals surface area contributed by atoms with Crippen LogP contribution in [0, 0.1) is 5.92 Å². The first kappa shape index (κ1) is 17.1. The first-order valence-electron chi connectivity index (χ1n) is 8.50. The molecule has 2 heterocycles. The normalized spacial score (nSPS) is 22.0. The Labute approximate surface area is 147 Å². The molecule has 0 aromatic carbocycles. The zero-order valence-corrected chi connectivity index (χ0v) is 14.8. The van der Waals surface area contributed by atoms with Gasteiger partial charge in [0.05, 0.1) is 12.1 Å². The summed E-state index contributed by atoms with van der Waals surface area (Å²) in [4.78, 5) is 17.0. The van der Waals surface area contributed by atoms with Gasteiger partial charge in [0.2, 0.25) is 5.91 Å². The van der Waals surface area contributed by atoms with E-state index in [0.29, 0.717) is 0 Å². The van der Waals surface area contributed by atoms with Gasteiger partial charge in [0.25, 0.3) is 0 Å². The Hall–Kier alpha value is -1.72. The van der Waals surface area contributed by atoms with Crippen LogP contribution in [0.2, 0.25) is 0 Å². The number of carbonyl (C=O) groups is 1. The molecule has 1 aliphatic rings. The lowest BCUT2D eigenvalue weighted by molar-refractivity contribution is -0.128. The molecule has 0 spiro atoms. The minimum Gasteiger partial charge on any atom is -0.381 e. The van der Waals surface area contributed by atoms with Gasteiger partial charge in [-0.25, -0.2) is 0 Å². The van der Waals surface area contributed by atoms with E-state index in [0.717, 1.165) is 37.7 Å². The SMILES string of the molecule is CO[C@@H]1CCC[C@@H](C(=O)N[C@H](Cc2ccsc2)c2cccnc2)C1. The molecule has 24 heavy (non-hydrogen) atoms. The zero-order valence-electron chi connectivity index (χ0n) is 14.0. The molecule has 0 bridgehead atoms. The number of nitrogens with one attached hydrogen (secondary N) is 1. The molecule has 4 nitrogen and oxygen atoms in total. The smallest absolute Gasteiger partial charge is 0.223 e. The second-order valence-electron chi connectivity index (χ2n) is 6.40. The largest absolute Gasteiger partial charge is 0.381 e. The van der Waals surface area contributed by atoms with E-state index < -0.39 is 0 Å². The lowest BCUT2D eigenvalue weighted by Gasteiger charge is -2.29. The third-order valence-electron chi connectivity index (χ3n) is 4.75. The van der Waals surface area contributed by atoms with Gasteiger partial charge in [-0.1, -0.05) is 12.5 Å². The van der Waals surface area contributed by atoms with E-state index in [1.165, 1.54) is 5.56 Å². The first-order chi connectivity index (χ1) is 11.8. The summed E-state index contributed by atoms with van der Waals surface area (Å²) < 4.78 is 5.46. The number of rotatable bonds is 6. The van der Waals surface area contributed by atoms with Crippen LogP contribution in [0.3, 0.4) is 0 Å². The molecule has 0 saturated heterocycles. The van der Waals surface area contributed by atoms with Gasteiger partial charge in [0, 0.05) is 25.4 Å². The highest BCUT2D eigenvalue weighted by molar-refractivity contribution is 7.07. The van der Waals surface area contributed by atoms with Crippen molar-refractivity contribution in [1.29, 1.82) is 0 Å². The molecule has 1 fully saturated rings. The first-order valence-corrected chi connectivity index (χ1v) is 9.44. The van der Waals surface area contributed by atoms with Crippen LogP contribution in [0.5, 0.6) is 0 Å². The van der Waals surface area contributed by atoms with Crippen molar-refractivity contribution < 1.29 is 9.53 Å². The maximum atomic E-state index is 12.8. The summed E-state index contributed by atoms with van der Waals surface area (Å²) in [5.74, 6) is 0.186. The van der Waals surface area contributed by atoms with E-state index in [-0.39, 0.29) is 24.0 Å². The van der Waals surface area contributed by atoms with Crippen molar-refractivity contribution >= 4 is 17.2 Å². The van der Waals surface area contributed by atoms with Crippen LogP contribution in [-0.2, 0) is 16.0 Å². The fourth-order valence-corrected chi connectivity index (χ4v) is 4.05. The van der Waals surface area contributed by atoms with Gasteiger partial charge in [-0.3, -0.25) is 9.78 Å². The molecule has 3 atom stereocenters. The molecule has 2 aromatic rings. The molecular weight excluding hydrogens is 320 g/mol. The van der Waals surface area contributed by atoms with E-state index in [1.807, 2.05) is 18.3 Å². The number of carbonyl (C=O) groups excluding carboxylic acids is 1. The molecule has 1 aliphatic carbocycles. The lowest BCUT2D eigenvalue weighted by Crippen LogP contribution is -2.38. The molecule has 3 rings (SSSR count). The monoisotopic (exact) mass is 344 g/mol. The minimum atomic E-state index is -0.0382. The van der Waals surface area contributed by atoms with E-state index in [9.17, 15) is 4.79 Å². The molecule has 1 saturated carbocycles. The Bertz CT molecular complexity index is 630. The summed E-state index contributed by atoms with van der Waals surface area (Å²) in [6.07, 6.45) is 8.49. The molecule has 2 aromatic heterocycles. The summed E-state index contributed by atoms with van der Waals surface area (Å²) in [6, 6.07) is 6.03. The van der Waals surface area contributed by atoms with Gasteiger partial charge in [-0.15, -0.1) is 0 Å². The quantitative estimate of drug-likeness (QED) is 0.868. The van der Waals surface area contributed by atoms with Crippen LogP contribution >= 0.6 is 11.3 Å². The molecule has 0 radical (unpaired) electrons. The Morgan fingerprint density at radius 3 is 3.08 bits per heavy atom. The topological polar surface area (TPSA) is 51.2 Å². The average Bonchev–Trinajstić information content (AvgIpc) is 3.15. The fourth-order valence-electron chi connectivity index (χ4n) is 3.37. The number of pyridine rings is 1. The van der Waals surface area contributed by atoms with Crippen LogP contribution in [0.1, 0.15) is 42.9 Å². The van der Waals surface area contributed by atoms with E-state index in [1.54, 1.807) is 24.6 Å². The van der Waals surface area contributed by atoms with Crippen LogP contribution in [0.25, 0.3) is 0 Å². The third kappa shape index (κ3) is 4.42. The molecule has 1 N–H and O–H groups in total. The van der Waals surface area contributed by atoms with Crippen molar-refractivity contribution in [2.75, 3.05) is 7.11 Å². The summed E-state index contributed by atoms with van der Waals surface area (Å²) in [5, 5.41) is 7.46. The number of hydrogen-bond acceptors (Lipinski definition) is 4. The van der Waals surface area contributed by atoms with Crippen molar-refractivity contribution in [2.24, 2.45) is 5.92 Å². The predicted molar refractivity (Wildman–Crippen MR) is 95.9 cm³/mol. The molecule has 0 unspecified atom stereocenters. The predicted octanol–water partition coefficient (Wildman–Crippen LogP) is 3.75. The number of nitrogens with zero attached hydrogens (tertiary/aromatic N) is 1. The van der Waals surface area contributed by atoms with Crippen LogP contribution in [0.4, 0.5) is 0 Å². The Kier molecular flexibility index (Phi) is 5.99. The number of ether oxygens (including phenoxy) is 1. The summed E-state index contributed by atoms with van der Waals surface area (Å²) in [7, 11) is 1.74. The Morgan fingerprint density at radius 1 is 1.46 bits per heavy atom. The Balaban J connectivity index is 1.70. The zero-order chi connectivity index (χ0) is 16.8. The molecule has 128 valence electrons. The summed E-state index contributed by atoms with van der Waals surface area (Å²) in [6.45, 7) is 0.